The zero-order valence-corrected chi connectivity index (χ0v) is 61.3. The highest BCUT2D eigenvalue weighted by molar-refractivity contribution is 7.16. The number of piperidine rings is 1. The maximum absolute atomic E-state index is 12.9. The SMILES string of the molecule is CCCOc1ccc(C=C(C)C(=O)c2c(O)cc(C(C)CC/C=C/CC(=O)OC)oc2=O)s1.CCCc1cn(C)c(C=C(C)C(=O)c2c(O)cc(C(C)CC/C=C/CC(=O)OC)oc2=O)n1.COC(=O)C/C=C/CCC(C)c1cc(O)c(C(=O)C(C)=Cc2cnc(N3CCCCC3)s2)c(=O)o1. The molecule has 3 atom stereocenters. The molecular weight excluding hydrogens is 1340 g/mol. The molecule has 0 amide bonds. The zero-order chi connectivity index (χ0) is 74.3. The molecule has 0 radical (unpaired) electrons. The Kier molecular flexibility index (Phi) is 33.8. The quantitative estimate of drug-likeness (QED) is 0.0113. The van der Waals surface area contributed by atoms with Gasteiger partial charge in [0.15, 0.2) is 27.5 Å². The Morgan fingerprint density at radius 2 is 0.990 bits per heavy atom. The third-order valence-corrected chi connectivity index (χ3v) is 18.1. The van der Waals surface area contributed by atoms with E-state index < -0.39 is 45.7 Å². The Hall–Kier alpha value is -9.75. The van der Waals surface area contributed by atoms with Crippen molar-refractivity contribution in [3.63, 3.8) is 0 Å². The standard InChI is InChI=1S/C26H32N2O6S.C25H32N2O6.C25H30O7S/c1-17(10-6-4-7-11-22(30)33-3)21-15-20(29)23(25(32)34-21)24(31)18(2)14-19-16-27-26(35-19)28-12-8-5-9-13-28;1-6-10-18-15-27(4)21(26-18)13-17(3)24(30)23-19(28)14-20(33-25(23)31)16(2)11-8-7-9-12-22(29)32-5;1-5-13-31-22-12-11-18(33-22)14-17(3)24(28)23-19(26)15-20(32-25(23)29)16(2)9-7-6-8-10-21(27)30-4/h4,7,14-17,29H,5-6,8-13H2,1-3H3;7,9,13-16,28H,6,8,10-12H2,1-5H3;6,8,11-12,14-16,26H,5,7,9-10,13H2,1-4H3/b7-4+,18-14?;9-7+,17-13?;8-6+,17-14?. The molecule has 1 aliphatic heterocycles. The molecule has 23 nitrogen and oxygen atoms in total. The molecule has 25 heteroatoms. The number of Topliss-reactive ketones (excluding diaryl/α,β-unsaturated/α-hetero) is 3. The summed E-state index contributed by atoms with van der Waals surface area (Å²) in [5, 5.41) is 33.0. The minimum atomic E-state index is -0.873. The Morgan fingerprint density at radius 3 is 1.39 bits per heavy atom. The average Bonchev–Trinajstić information content (AvgIpc) is 0.983. The number of carbonyl (C=O) groups excluding carboxylic acids is 6. The minimum absolute atomic E-state index is 0.164. The molecule has 0 saturated carbocycles. The number of aromatic nitrogens is 3. The molecule has 101 heavy (non-hydrogen) atoms. The van der Waals surface area contributed by atoms with Crippen molar-refractivity contribution in [3.8, 4) is 22.3 Å². The smallest absolute Gasteiger partial charge is 0.351 e. The number of esters is 3. The van der Waals surface area contributed by atoms with Gasteiger partial charge in [0.05, 0.1) is 52.9 Å². The van der Waals surface area contributed by atoms with Gasteiger partial charge in [-0.05, 0) is 133 Å². The van der Waals surface area contributed by atoms with Gasteiger partial charge in [0, 0.05) is 83.8 Å². The van der Waals surface area contributed by atoms with Crippen LogP contribution in [0.3, 0.4) is 0 Å². The summed E-state index contributed by atoms with van der Waals surface area (Å²) in [7, 11) is 5.84. The number of carbonyl (C=O) groups is 6. The van der Waals surface area contributed by atoms with Crippen LogP contribution in [0.4, 0.5) is 5.13 Å². The van der Waals surface area contributed by atoms with Crippen LogP contribution in [0.1, 0.15) is 233 Å². The van der Waals surface area contributed by atoms with Crippen molar-refractivity contribution in [2.75, 3.05) is 45.9 Å². The number of nitrogens with zero attached hydrogens (tertiary/aromatic N) is 4. The first-order valence-electron chi connectivity index (χ1n) is 33.6. The van der Waals surface area contributed by atoms with E-state index >= 15 is 0 Å². The second-order valence-corrected chi connectivity index (χ2v) is 26.4. The fourth-order valence-electron chi connectivity index (χ4n) is 10.2. The average molecular weight is 1430 g/mol. The third kappa shape index (κ3) is 25.7. The maximum Gasteiger partial charge on any atom is 0.351 e. The molecule has 6 aromatic rings. The first-order valence-corrected chi connectivity index (χ1v) is 35.3. The van der Waals surface area contributed by atoms with Gasteiger partial charge in [-0.3, -0.25) is 28.8 Å². The molecule has 3 unspecified atom stereocenters. The van der Waals surface area contributed by atoms with E-state index in [2.05, 4.69) is 36.0 Å². The van der Waals surface area contributed by atoms with E-state index in [1.807, 2.05) is 75.9 Å². The third-order valence-electron chi connectivity index (χ3n) is 16.1. The lowest BCUT2D eigenvalue weighted by Crippen LogP contribution is -2.29. The van der Waals surface area contributed by atoms with E-state index in [-0.39, 0.29) is 82.9 Å². The molecule has 1 aliphatic rings. The van der Waals surface area contributed by atoms with Crippen LogP contribution in [0.15, 0.2) is 124 Å². The van der Waals surface area contributed by atoms with Crippen LogP contribution < -0.4 is 26.5 Å². The normalized spacial score (nSPS) is 13.7. The highest BCUT2D eigenvalue weighted by Crippen LogP contribution is 2.33. The van der Waals surface area contributed by atoms with Crippen LogP contribution in [0.2, 0.25) is 0 Å². The number of rotatable bonds is 33. The second-order valence-electron chi connectivity index (χ2n) is 24.3. The number of hydrogen-bond donors (Lipinski definition) is 3. The van der Waals surface area contributed by atoms with Crippen LogP contribution in [-0.4, -0.2) is 106 Å². The van der Waals surface area contributed by atoms with Crippen molar-refractivity contribution in [3.05, 3.63) is 182 Å². The van der Waals surface area contributed by atoms with E-state index in [1.54, 1.807) is 63.4 Å². The lowest BCUT2D eigenvalue weighted by atomic mass is 9.99. The second kappa shape index (κ2) is 41.7. The topological polar surface area (TPSA) is 325 Å². The van der Waals surface area contributed by atoms with E-state index in [9.17, 15) is 58.5 Å². The van der Waals surface area contributed by atoms with Crippen LogP contribution in [0, 0.1) is 0 Å². The highest BCUT2D eigenvalue weighted by Gasteiger charge is 2.26. The van der Waals surface area contributed by atoms with Gasteiger partial charge in [0.1, 0.15) is 57.0 Å². The Labute approximate surface area is 596 Å². The van der Waals surface area contributed by atoms with Gasteiger partial charge in [0.25, 0.3) is 0 Å². The number of ether oxygens (including phenoxy) is 4. The number of allylic oxidation sites excluding steroid dienone is 6. The largest absolute Gasteiger partial charge is 0.507 e. The molecule has 0 aromatic carbocycles. The van der Waals surface area contributed by atoms with Gasteiger partial charge in [-0.1, -0.05) is 100 Å². The fraction of sp³-hybridized carbons (Fsp3) is 0.434. The van der Waals surface area contributed by atoms with Crippen molar-refractivity contribution >= 4 is 81.3 Å². The summed E-state index contributed by atoms with van der Waals surface area (Å²) < 4.78 is 37.2. The van der Waals surface area contributed by atoms with Crippen LogP contribution in [0.5, 0.6) is 22.3 Å². The van der Waals surface area contributed by atoms with Gasteiger partial charge >= 0.3 is 34.8 Å². The van der Waals surface area contributed by atoms with Gasteiger partial charge in [-0.25, -0.2) is 24.4 Å². The molecule has 7 rings (SSSR count). The number of thiophene rings is 1. The summed E-state index contributed by atoms with van der Waals surface area (Å²) in [4.78, 5) is 122. The predicted octanol–water partition coefficient (Wildman–Crippen LogP) is 14.9. The van der Waals surface area contributed by atoms with Gasteiger partial charge in [-0.2, -0.15) is 0 Å². The van der Waals surface area contributed by atoms with Crippen molar-refractivity contribution < 1.29 is 76.3 Å². The van der Waals surface area contributed by atoms with Gasteiger partial charge in [-0.15, -0.1) is 0 Å². The summed E-state index contributed by atoms with van der Waals surface area (Å²) in [5.41, 5.74) is -1.92. The van der Waals surface area contributed by atoms with Gasteiger partial charge < -0.3 is 57.0 Å². The zero-order valence-electron chi connectivity index (χ0n) is 59.7. The van der Waals surface area contributed by atoms with Crippen molar-refractivity contribution in [1.82, 2.24) is 14.5 Å². The summed E-state index contributed by atoms with van der Waals surface area (Å²) in [6.07, 6.45) is 29.9. The first kappa shape index (κ1) is 81.9. The molecular formula is C76H94N4O19S2. The Bertz CT molecular complexity index is 4180. The number of thiazole rings is 1. The fourth-order valence-corrected chi connectivity index (χ4v) is 12.0. The van der Waals surface area contributed by atoms with E-state index in [0.717, 1.165) is 70.8 Å². The molecule has 1 saturated heterocycles. The van der Waals surface area contributed by atoms with Crippen molar-refractivity contribution in [1.29, 1.82) is 0 Å². The highest BCUT2D eigenvalue weighted by atomic mass is 32.1. The lowest BCUT2D eigenvalue weighted by Gasteiger charge is -2.25. The molecule has 3 N–H and O–H groups in total. The van der Waals surface area contributed by atoms with Crippen LogP contribution in [-0.2, 0) is 42.1 Å². The van der Waals surface area contributed by atoms with Crippen LogP contribution in [0.25, 0.3) is 18.2 Å². The number of hydrogen-bond acceptors (Lipinski definition) is 24. The molecule has 6 aromatic heterocycles. The number of aryl methyl sites for hydroxylation is 2. The molecule has 7 heterocycles. The van der Waals surface area contributed by atoms with Crippen molar-refractivity contribution in [2.45, 2.75) is 169 Å². The summed E-state index contributed by atoms with van der Waals surface area (Å²) in [5.74, 6) is -2.90. The first-order chi connectivity index (χ1) is 48.2. The van der Waals surface area contributed by atoms with Gasteiger partial charge in [0.2, 0.25) is 0 Å². The minimum Gasteiger partial charge on any atom is -0.507 e. The van der Waals surface area contributed by atoms with E-state index in [0.29, 0.717) is 79.4 Å². The van der Waals surface area contributed by atoms with Crippen LogP contribution >= 0.6 is 22.7 Å². The summed E-state index contributed by atoms with van der Waals surface area (Å²) in [6.45, 7) is 17.0. The number of ketones is 3. The summed E-state index contributed by atoms with van der Waals surface area (Å²) in [6, 6.07) is 7.65. The Balaban J connectivity index is 0.000000273. The monoisotopic (exact) mass is 1430 g/mol. The number of imidazole rings is 1. The predicted molar refractivity (Wildman–Crippen MR) is 390 cm³/mol. The molecule has 0 aliphatic carbocycles. The van der Waals surface area contributed by atoms with E-state index in [1.165, 1.54) is 68.6 Å². The maximum atomic E-state index is 12.9. The number of methoxy groups -OCH3 is 3. The number of aromatic hydroxyl groups is 3. The summed E-state index contributed by atoms with van der Waals surface area (Å²) >= 11 is 2.90. The van der Waals surface area contributed by atoms with Crippen molar-refractivity contribution in [2.24, 2.45) is 7.05 Å². The Morgan fingerprint density at radius 1 is 0.574 bits per heavy atom. The van der Waals surface area contributed by atoms with E-state index in [4.69, 9.17) is 18.0 Å². The molecule has 0 bridgehead atoms. The molecule has 1 fully saturated rings. The number of anilines is 1. The molecule has 544 valence electrons. The molecule has 0 spiro atoms. The lowest BCUT2D eigenvalue weighted by molar-refractivity contribution is -0.140.